The van der Waals surface area contributed by atoms with Crippen LogP contribution in [0.4, 0.5) is 5.69 Å². The van der Waals surface area contributed by atoms with Gasteiger partial charge in [0.2, 0.25) is 0 Å². The Hall–Kier alpha value is -1.00. The van der Waals surface area contributed by atoms with Crippen LogP contribution in [0.2, 0.25) is 0 Å². The van der Waals surface area contributed by atoms with E-state index in [1.807, 2.05) is 0 Å². The lowest BCUT2D eigenvalue weighted by atomic mass is 10.3. The third-order valence-electron chi connectivity index (χ3n) is 1.57. The molecule has 0 atom stereocenters. The van der Waals surface area contributed by atoms with Crippen molar-refractivity contribution in [3.63, 3.8) is 0 Å². The van der Waals surface area contributed by atoms with Gasteiger partial charge < -0.3 is 4.74 Å². The molecule has 81 valence electrons. The fourth-order valence-corrected chi connectivity index (χ4v) is 1.03. The Balaban J connectivity index is 2.46. The Bertz CT molecular complexity index is 327. The number of non-ortho nitro benzene ring substituents is 1. The Morgan fingerprint density at radius 2 is 2.00 bits per heavy atom. The molecule has 0 heterocycles. The molecule has 0 aliphatic carbocycles. The van der Waals surface area contributed by atoms with E-state index < -0.39 is 9.76 Å². The van der Waals surface area contributed by atoms with Crippen molar-refractivity contribution >= 4 is 28.9 Å². The number of halogens is 2. The smallest absolute Gasteiger partial charge is 0.269 e. The summed E-state index contributed by atoms with van der Waals surface area (Å²) in [5.74, 6) is 0.533. The average Bonchev–Trinajstić information content (AvgIpc) is 2.18. The van der Waals surface area contributed by atoms with Gasteiger partial charge in [0.15, 0.2) is 0 Å². The summed E-state index contributed by atoms with van der Waals surface area (Å²) in [6.45, 7) is 0.259. The second-order valence-electron chi connectivity index (χ2n) is 2.63. The van der Waals surface area contributed by atoms with Gasteiger partial charge in [0.05, 0.1) is 11.5 Å². The van der Waals surface area contributed by atoms with Gasteiger partial charge in [0.25, 0.3) is 5.69 Å². The van der Waals surface area contributed by atoms with E-state index in [1.165, 1.54) is 24.3 Å². The number of nitro groups is 1. The van der Waals surface area contributed by atoms with Crippen LogP contribution in [0.25, 0.3) is 0 Å². The number of nitrogens with zero attached hydrogens (tertiary/aromatic N) is 1. The maximum Gasteiger partial charge on any atom is 0.269 e. The molecule has 1 aromatic carbocycles. The number of ether oxygens (including phenoxy) is 1. The molecule has 1 rings (SSSR count). The van der Waals surface area contributed by atoms with Crippen molar-refractivity contribution < 1.29 is 9.66 Å². The highest BCUT2D eigenvalue weighted by Crippen LogP contribution is 2.17. The second kappa shape index (κ2) is 5.78. The molecule has 0 saturated heterocycles. The van der Waals surface area contributed by atoms with E-state index in [-0.39, 0.29) is 12.3 Å². The molecular formula is C9H8Cl2NO3. The van der Waals surface area contributed by atoms with Crippen LogP contribution in [0.5, 0.6) is 5.75 Å². The van der Waals surface area contributed by atoms with Gasteiger partial charge in [-0.3, -0.25) is 10.1 Å². The first-order chi connectivity index (χ1) is 7.09. The molecule has 0 saturated carbocycles. The third-order valence-corrected chi connectivity index (χ3v) is 1.93. The summed E-state index contributed by atoms with van der Waals surface area (Å²) in [6, 6.07) is 5.77. The number of hydrogen-bond acceptors (Lipinski definition) is 3. The van der Waals surface area contributed by atoms with Gasteiger partial charge in [-0.05, 0) is 12.1 Å². The van der Waals surface area contributed by atoms with Crippen LogP contribution in [0, 0.1) is 16.5 Å². The monoisotopic (exact) mass is 248 g/mol. The third kappa shape index (κ3) is 4.36. The minimum absolute atomic E-state index is 0.0268. The molecule has 0 N–H and O–H groups in total. The van der Waals surface area contributed by atoms with Gasteiger partial charge in [-0.2, -0.15) is 0 Å². The highest BCUT2D eigenvalue weighted by molar-refractivity contribution is 6.45. The van der Waals surface area contributed by atoms with Crippen LogP contribution in [-0.2, 0) is 0 Å². The molecule has 1 radical (unpaired) electrons. The molecule has 0 bridgehead atoms. The van der Waals surface area contributed by atoms with Crippen molar-refractivity contribution in [1.29, 1.82) is 0 Å². The van der Waals surface area contributed by atoms with Crippen LogP contribution < -0.4 is 4.74 Å². The van der Waals surface area contributed by atoms with Gasteiger partial charge in [-0.1, -0.05) is 0 Å². The van der Waals surface area contributed by atoms with Crippen molar-refractivity contribution in [3.05, 3.63) is 40.8 Å². The van der Waals surface area contributed by atoms with Crippen molar-refractivity contribution in [1.82, 2.24) is 0 Å². The van der Waals surface area contributed by atoms with Gasteiger partial charge in [0.1, 0.15) is 10.6 Å². The van der Waals surface area contributed by atoms with Crippen molar-refractivity contribution in [2.24, 2.45) is 0 Å². The number of rotatable bonds is 5. The standard InChI is InChI=1S/C9H8Cl2NO3/c10-9(11)5-6-15-8-3-1-7(2-4-8)12(13)14/h1-5,9H,6H2. The zero-order chi connectivity index (χ0) is 11.3. The average molecular weight is 249 g/mol. The Morgan fingerprint density at radius 1 is 1.40 bits per heavy atom. The summed E-state index contributed by atoms with van der Waals surface area (Å²) in [6.07, 6.45) is 1.56. The van der Waals surface area contributed by atoms with E-state index in [2.05, 4.69) is 0 Å². The van der Waals surface area contributed by atoms with Gasteiger partial charge in [0, 0.05) is 18.6 Å². The Morgan fingerprint density at radius 3 is 2.47 bits per heavy atom. The minimum atomic E-state index is -0.581. The lowest BCUT2D eigenvalue weighted by Gasteiger charge is -2.05. The molecular weight excluding hydrogens is 241 g/mol. The molecule has 0 aliphatic heterocycles. The van der Waals surface area contributed by atoms with Crippen molar-refractivity contribution in [2.45, 2.75) is 4.84 Å². The summed E-state index contributed by atoms with van der Waals surface area (Å²) >= 11 is 10.9. The Kier molecular flexibility index (Phi) is 4.65. The van der Waals surface area contributed by atoms with Gasteiger partial charge >= 0.3 is 0 Å². The maximum absolute atomic E-state index is 10.3. The second-order valence-corrected chi connectivity index (χ2v) is 3.80. The quantitative estimate of drug-likeness (QED) is 0.458. The summed E-state index contributed by atoms with van der Waals surface area (Å²) in [7, 11) is 0. The molecule has 15 heavy (non-hydrogen) atoms. The molecule has 0 aromatic heterocycles. The maximum atomic E-state index is 10.3. The zero-order valence-corrected chi connectivity index (χ0v) is 9.11. The van der Waals surface area contributed by atoms with Gasteiger partial charge in [-0.15, -0.1) is 23.2 Å². The summed E-state index contributed by atoms with van der Waals surface area (Å²) in [5, 5.41) is 10.3. The highest BCUT2D eigenvalue weighted by Gasteiger charge is 2.05. The summed E-state index contributed by atoms with van der Waals surface area (Å²) in [5.41, 5.74) is 0.0268. The minimum Gasteiger partial charge on any atom is -0.493 e. The number of alkyl halides is 2. The normalized spacial score (nSPS) is 10.3. The Labute approximate surface area is 96.9 Å². The van der Waals surface area contributed by atoms with Crippen molar-refractivity contribution in [2.75, 3.05) is 6.61 Å². The predicted octanol–water partition coefficient (Wildman–Crippen LogP) is 2.98. The van der Waals surface area contributed by atoms with E-state index in [4.69, 9.17) is 27.9 Å². The fraction of sp³-hybridized carbons (Fsp3) is 0.222. The topological polar surface area (TPSA) is 52.4 Å². The molecule has 0 fully saturated rings. The summed E-state index contributed by atoms with van der Waals surface area (Å²) in [4.78, 5) is 9.29. The predicted molar refractivity (Wildman–Crippen MR) is 58.4 cm³/mol. The van der Waals surface area contributed by atoms with E-state index in [0.717, 1.165) is 0 Å². The molecule has 0 unspecified atom stereocenters. The van der Waals surface area contributed by atoms with Crippen molar-refractivity contribution in [3.8, 4) is 5.75 Å². The van der Waals surface area contributed by atoms with E-state index >= 15 is 0 Å². The van der Waals surface area contributed by atoms with E-state index in [1.54, 1.807) is 6.42 Å². The number of hydrogen-bond donors (Lipinski definition) is 0. The molecule has 0 amide bonds. The van der Waals surface area contributed by atoms with Crippen LogP contribution in [0.1, 0.15) is 0 Å². The number of nitro benzene ring substituents is 1. The zero-order valence-electron chi connectivity index (χ0n) is 7.60. The van der Waals surface area contributed by atoms with E-state index in [9.17, 15) is 10.1 Å². The van der Waals surface area contributed by atoms with E-state index in [0.29, 0.717) is 5.75 Å². The first-order valence-electron chi connectivity index (χ1n) is 4.08. The first-order valence-corrected chi connectivity index (χ1v) is 4.95. The fourth-order valence-electron chi connectivity index (χ4n) is 0.881. The van der Waals surface area contributed by atoms with Gasteiger partial charge in [-0.25, -0.2) is 0 Å². The molecule has 0 spiro atoms. The van der Waals surface area contributed by atoms with Crippen LogP contribution in [0.15, 0.2) is 24.3 Å². The van der Waals surface area contributed by atoms with Crippen LogP contribution >= 0.6 is 23.2 Å². The molecule has 4 nitrogen and oxygen atoms in total. The molecule has 1 aromatic rings. The molecule has 0 aliphatic rings. The first kappa shape index (κ1) is 12.1. The van der Waals surface area contributed by atoms with Crippen LogP contribution in [-0.4, -0.2) is 16.4 Å². The lowest BCUT2D eigenvalue weighted by Crippen LogP contribution is -2.02. The van der Waals surface area contributed by atoms with Crippen LogP contribution in [0.3, 0.4) is 0 Å². The largest absolute Gasteiger partial charge is 0.493 e. The summed E-state index contributed by atoms with van der Waals surface area (Å²) < 4.78 is 5.20. The SMILES string of the molecule is O=[N+]([O-])c1ccc(OC[CH]C(Cl)Cl)cc1. The molecule has 6 heteroatoms. The lowest BCUT2D eigenvalue weighted by molar-refractivity contribution is -0.384. The highest BCUT2D eigenvalue weighted by atomic mass is 35.5. The number of benzene rings is 1.